The highest BCUT2D eigenvalue weighted by Gasteiger charge is 2.50. The summed E-state index contributed by atoms with van der Waals surface area (Å²) in [6.45, 7) is 0.609. The van der Waals surface area contributed by atoms with E-state index in [-0.39, 0.29) is 12.1 Å². The van der Waals surface area contributed by atoms with Crippen molar-refractivity contribution in [2.45, 2.75) is 49.7 Å². The monoisotopic (exact) mass is 536 g/mol. The highest BCUT2D eigenvalue weighted by Crippen LogP contribution is 2.37. The van der Waals surface area contributed by atoms with Gasteiger partial charge in [0.1, 0.15) is 17.1 Å². The van der Waals surface area contributed by atoms with E-state index in [1.807, 2.05) is 0 Å². The van der Waals surface area contributed by atoms with Crippen LogP contribution in [0.25, 0.3) is 5.69 Å². The van der Waals surface area contributed by atoms with Gasteiger partial charge in [-0.1, -0.05) is 24.1 Å². The van der Waals surface area contributed by atoms with Crippen LogP contribution in [0.4, 0.5) is 4.39 Å². The van der Waals surface area contributed by atoms with Gasteiger partial charge in [0, 0.05) is 6.42 Å². The third-order valence-corrected chi connectivity index (χ3v) is 7.22. The third-order valence-electron chi connectivity index (χ3n) is 6.92. The lowest BCUT2D eigenvalue weighted by Crippen LogP contribution is -2.65. The van der Waals surface area contributed by atoms with E-state index < -0.39 is 22.9 Å². The first-order chi connectivity index (χ1) is 18.3. The van der Waals surface area contributed by atoms with Gasteiger partial charge in [-0.3, -0.25) is 14.9 Å². The number of hydrogen-bond donors (Lipinski definition) is 2. The first kappa shape index (κ1) is 25.8. The van der Waals surface area contributed by atoms with Gasteiger partial charge in [-0.05, 0) is 73.6 Å². The van der Waals surface area contributed by atoms with Crippen LogP contribution < -0.4 is 15.4 Å². The molecule has 0 radical (unpaired) electrons. The molecule has 11 heteroatoms. The van der Waals surface area contributed by atoms with E-state index in [1.54, 1.807) is 18.2 Å². The molecular weight excluding hydrogens is 511 g/mol. The average molecular weight is 537 g/mol. The normalized spacial score (nSPS) is 17.5. The molecule has 0 saturated heterocycles. The summed E-state index contributed by atoms with van der Waals surface area (Å²) in [6, 6.07) is 12.9. The highest BCUT2D eigenvalue weighted by atomic mass is 35.5. The van der Waals surface area contributed by atoms with Gasteiger partial charge in [-0.25, -0.2) is 4.39 Å². The van der Waals surface area contributed by atoms with E-state index in [4.69, 9.17) is 16.3 Å². The topological polar surface area (TPSA) is 122 Å². The summed E-state index contributed by atoms with van der Waals surface area (Å²) in [7, 11) is 0. The first-order valence-electron chi connectivity index (χ1n) is 12.4. The SMILES string of the molecule is N#CC1(N[C@@](C=O)(Cc2ccc(OCC3CCC3)c(Cl)c2)NC(=O)c2cnn(-c3ccc(F)cc3)n2)CC1. The summed E-state index contributed by atoms with van der Waals surface area (Å²) in [6.07, 6.45) is 6.48. The molecule has 0 aliphatic heterocycles. The Morgan fingerprint density at radius 2 is 2.05 bits per heavy atom. The number of nitriles is 1. The molecule has 196 valence electrons. The average Bonchev–Trinajstić information content (AvgIpc) is 3.46. The predicted molar refractivity (Wildman–Crippen MR) is 136 cm³/mol. The number of rotatable bonds is 11. The van der Waals surface area contributed by atoms with Gasteiger partial charge in [0.15, 0.2) is 17.6 Å². The van der Waals surface area contributed by atoms with E-state index in [1.165, 1.54) is 41.7 Å². The second-order valence-electron chi connectivity index (χ2n) is 9.91. The molecular formula is C27H26ClFN6O3. The number of halogens is 2. The lowest BCUT2D eigenvalue weighted by Gasteiger charge is -2.32. The largest absolute Gasteiger partial charge is 0.492 e. The Morgan fingerprint density at radius 3 is 2.66 bits per heavy atom. The quantitative estimate of drug-likeness (QED) is 0.283. The molecule has 1 atom stereocenters. The smallest absolute Gasteiger partial charge is 0.275 e. The fourth-order valence-electron chi connectivity index (χ4n) is 4.33. The van der Waals surface area contributed by atoms with Crippen molar-refractivity contribution >= 4 is 23.8 Å². The van der Waals surface area contributed by atoms with Crippen molar-refractivity contribution in [1.29, 1.82) is 5.26 Å². The van der Waals surface area contributed by atoms with Gasteiger partial charge in [0.2, 0.25) is 0 Å². The predicted octanol–water partition coefficient (Wildman–Crippen LogP) is 3.75. The highest BCUT2D eigenvalue weighted by molar-refractivity contribution is 6.32. The molecule has 2 aliphatic carbocycles. The number of carbonyl (C=O) groups is 2. The lowest BCUT2D eigenvalue weighted by atomic mass is 9.86. The zero-order valence-corrected chi connectivity index (χ0v) is 21.2. The molecule has 3 aromatic rings. The van der Waals surface area contributed by atoms with E-state index >= 15 is 0 Å². The molecule has 1 heterocycles. The molecule has 2 fully saturated rings. The van der Waals surface area contributed by atoms with Crippen molar-refractivity contribution in [3.8, 4) is 17.5 Å². The number of benzene rings is 2. The van der Waals surface area contributed by atoms with E-state index in [0.29, 0.717) is 53.7 Å². The second kappa shape index (κ2) is 10.5. The fourth-order valence-corrected chi connectivity index (χ4v) is 4.59. The zero-order chi connectivity index (χ0) is 26.8. The molecule has 2 saturated carbocycles. The van der Waals surface area contributed by atoms with Crippen molar-refractivity contribution in [2.24, 2.45) is 5.92 Å². The minimum absolute atomic E-state index is 0.0282. The van der Waals surface area contributed by atoms with Gasteiger partial charge >= 0.3 is 0 Å². The van der Waals surface area contributed by atoms with Crippen LogP contribution in [0, 0.1) is 23.1 Å². The molecule has 38 heavy (non-hydrogen) atoms. The standard InChI is InChI=1S/C27H26ClFN6O3/c28-22-12-19(4-9-24(22)38-15-18-2-1-3-18)13-27(17-36,34-26(16-30)10-11-26)32-25(37)23-14-31-35(33-23)21-7-5-20(29)6-8-21/h4-9,12,14,17-18,34H,1-3,10-11,13,15H2,(H,32,37)/t27-/m1/s1. The Kier molecular flexibility index (Phi) is 7.15. The van der Waals surface area contributed by atoms with E-state index in [0.717, 1.165) is 12.8 Å². The van der Waals surface area contributed by atoms with Crippen LogP contribution in [-0.2, 0) is 11.2 Å². The van der Waals surface area contributed by atoms with Gasteiger partial charge in [-0.2, -0.15) is 15.2 Å². The number of aromatic nitrogens is 3. The number of aldehydes is 1. The molecule has 0 spiro atoms. The Bertz CT molecular complexity index is 1380. The minimum Gasteiger partial charge on any atom is -0.492 e. The molecule has 5 rings (SSSR count). The number of nitrogens with one attached hydrogen (secondary N) is 2. The van der Waals surface area contributed by atoms with Gasteiger partial charge in [0.25, 0.3) is 5.91 Å². The number of amides is 1. The summed E-state index contributed by atoms with van der Waals surface area (Å²) in [5.74, 6) is 0.0299. The number of hydrogen-bond acceptors (Lipinski definition) is 7. The van der Waals surface area contributed by atoms with Crippen molar-refractivity contribution < 1.29 is 18.7 Å². The van der Waals surface area contributed by atoms with Crippen LogP contribution >= 0.6 is 11.6 Å². The zero-order valence-electron chi connectivity index (χ0n) is 20.5. The summed E-state index contributed by atoms with van der Waals surface area (Å²) >= 11 is 6.47. The van der Waals surface area contributed by atoms with Crippen LogP contribution in [0.5, 0.6) is 5.75 Å². The van der Waals surface area contributed by atoms with Crippen molar-refractivity contribution in [3.05, 3.63) is 70.8 Å². The van der Waals surface area contributed by atoms with Crippen LogP contribution in [0.1, 0.15) is 48.2 Å². The van der Waals surface area contributed by atoms with Gasteiger partial charge in [-0.15, -0.1) is 5.10 Å². The Morgan fingerprint density at radius 1 is 1.29 bits per heavy atom. The third kappa shape index (κ3) is 5.69. The van der Waals surface area contributed by atoms with Crippen molar-refractivity contribution in [3.63, 3.8) is 0 Å². The van der Waals surface area contributed by atoms with E-state index in [9.17, 15) is 19.2 Å². The van der Waals surface area contributed by atoms with Gasteiger partial charge < -0.3 is 10.1 Å². The summed E-state index contributed by atoms with van der Waals surface area (Å²) < 4.78 is 19.1. The Balaban J connectivity index is 1.35. The molecule has 0 bridgehead atoms. The van der Waals surface area contributed by atoms with E-state index in [2.05, 4.69) is 26.9 Å². The Labute approximate surface area is 223 Å². The van der Waals surface area contributed by atoms with Crippen LogP contribution in [0.3, 0.4) is 0 Å². The number of ether oxygens (including phenoxy) is 1. The molecule has 2 aliphatic rings. The van der Waals surface area contributed by atoms with Crippen LogP contribution in [-0.4, -0.2) is 45.0 Å². The first-order valence-corrected chi connectivity index (χ1v) is 12.8. The second-order valence-corrected chi connectivity index (χ2v) is 10.3. The summed E-state index contributed by atoms with van der Waals surface area (Å²) in [5, 5.41) is 24.1. The lowest BCUT2D eigenvalue weighted by molar-refractivity contribution is -0.114. The van der Waals surface area contributed by atoms with Gasteiger partial charge in [0.05, 0.1) is 29.6 Å². The van der Waals surface area contributed by atoms with Crippen molar-refractivity contribution in [2.75, 3.05) is 6.61 Å². The summed E-state index contributed by atoms with van der Waals surface area (Å²) in [5.41, 5.74) is -1.46. The maximum absolute atomic E-state index is 13.3. The maximum Gasteiger partial charge on any atom is 0.275 e. The summed E-state index contributed by atoms with van der Waals surface area (Å²) in [4.78, 5) is 26.9. The number of nitrogens with zero attached hydrogens (tertiary/aromatic N) is 4. The van der Waals surface area contributed by atoms with Crippen molar-refractivity contribution in [1.82, 2.24) is 25.6 Å². The molecule has 1 aromatic heterocycles. The molecule has 2 aromatic carbocycles. The molecule has 9 nitrogen and oxygen atoms in total. The maximum atomic E-state index is 13.3. The fraction of sp³-hybridized carbons (Fsp3) is 0.370. The Hall–Kier alpha value is -3.81. The number of carbonyl (C=O) groups excluding carboxylic acids is 2. The molecule has 0 unspecified atom stereocenters. The molecule has 1 amide bonds. The minimum atomic E-state index is -1.61. The molecule has 2 N–H and O–H groups in total. The van der Waals surface area contributed by atoms with Crippen LogP contribution in [0.2, 0.25) is 5.02 Å². The van der Waals surface area contributed by atoms with Crippen LogP contribution in [0.15, 0.2) is 48.7 Å².